The number of anilines is 2. The number of nitrogens with zero attached hydrogens (tertiary/aromatic N) is 7. The number of piperazine rings is 1. The number of rotatable bonds is 8. The van der Waals surface area contributed by atoms with E-state index in [0.29, 0.717) is 43.9 Å². The van der Waals surface area contributed by atoms with Crippen molar-refractivity contribution in [2.24, 2.45) is 0 Å². The molecule has 10 nitrogen and oxygen atoms in total. The van der Waals surface area contributed by atoms with Crippen LogP contribution in [0.2, 0.25) is 5.02 Å². The molecule has 48 heavy (non-hydrogen) atoms. The Morgan fingerprint density at radius 3 is 2.79 bits per heavy atom. The predicted octanol–water partition coefficient (Wildman–Crippen LogP) is 4.77. The zero-order valence-electron chi connectivity index (χ0n) is 26.7. The number of amides is 1. The second kappa shape index (κ2) is 13.1. The van der Waals surface area contributed by atoms with Gasteiger partial charge in [-0.2, -0.15) is 15.2 Å². The van der Waals surface area contributed by atoms with Crippen LogP contribution in [0.4, 0.5) is 20.3 Å². The molecule has 3 fully saturated rings. The van der Waals surface area contributed by atoms with Crippen LogP contribution in [0.1, 0.15) is 43.4 Å². The summed E-state index contributed by atoms with van der Waals surface area (Å²) in [7, 11) is 0. The molecule has 13 heteroatoms. The van der Waals surface area contributed by atoms with Crippen molar-refractivity contribution in [3.8, 4) is 12.1 Å². The van der Waals surface area contributed by atoms with Gasteiger partial charge in [0.05, 0.1) is 47.9 Å². The second-order valence-electron chi connectivity index (χ2n) is 13.2. The normalized spacial score (nSPS) is 24.0. The Morgan fingerprint density at radius 2 is 2.00 bits per heavy atom. The molecule has 0 aliphatic carbocycles. The van der Waals surface area contributed by atoms with E-state index >= 15 is 0 Å². The first kappa shape index (κ1) is 32.5. The van der Waals surface area contributed by atoms with Crippen LogP contribution in [0.5, 0.6) is 6.01 Å². The molecule has 3 aromatic rings. The van der Waals surface area contributed by atoms with Crippen molar-refractivity contribution in [3.05, 3.63) is 64.8 Å². The van der Waals surface area contributed by atoms with Gasteiger partial charge in [0, 0.05) is 48.9 Å². The highest BCUT2D eigenvalue weighted by molar-refractivity contribution is 6.36. The molecular formula is C35H38ClF2N7O3. The van der Waals surface area contributed by atoms with E-state index in [1.54, 1.807) is 6.07 Å². The van der Waals surface area contributed by atoms with Crippen molar-refractivity contribution >= 4 is 39.8 Å². The fourth-order valence-corrected chi connectivity index (χ4v) is 8.50. The number of benzene rings is 2. The Balaban J connectivity index is 1.23. The number of ether oxygens (including phenoxy) is 1. The zero-order valence-corrected chi connectivity index (χ0v) is 27.4. The minimum atomic E-state index is -1.05. The summed E-state index contributed by atoms with van der Waals surface area (Å²) in [5.41, 5.74) is 2.32. The number of aromatic nitrogens is 2. The Labute approximate surface area is 283 Å². The Kier molecular flexibility index (Phi) is 8.87. The Hall–Kier alpha value is -4.05. The number of aliphatic hydroxyl groups is 1. The molecule has 1 amide bonds. The first-order chi connectivity index (χ1) is 23.2. The number of fused-ring (bicyclic) bond motifs is 3. The Bertz CT molecular complexity index is 1800. The average Bonchev–Trinajstić information content (AvgIpc) is 3.67. The van der Waals surface area contributed by atoms with Gasteiger partial charge >= 0.3 is 6.01 Å². The van der Waals surface area contributed by atoms with Crippen LogP contribution in [-0.2, 0) is 17.8 Å². The maximum atomic E-state index is 14.6. The lowest BCUT2D eigenvalue weighted by Gasteiger charge is -2.42. The highest BCUT2D eigenvalue weighted by Crippen LogP contribution is 2.43. The number of hydrogen-bond acceptors (Lipinski definition) is 9. The maximum absolute atomic E-state index is 14.6. The van der Waals surface area contributed by atoms with Gasteiger partial charge in [-0.1, -0.05) is 36.4 Å². The van der Waals surface area contributed by atoms with Crippen LogP contribution in [0.15, 0.2) is 42.7 Å². The van der Waals surface area contributed by atoms with Crippen LogP contribution >= 0.6 is 11.6 Å². The third kappa shape index (κ3) is 5.71. The van der Waals surface area contributed by atoms with E-state index in [-0.39, 0.29) is 48.7 Å². The molecule has 1 N–H and O–H groups in total. The smallest absolute Gasteiger partial charge is 0.318 e. The second-order valence-corrected chi connectivity index (χ2v) is 13.6. The van der Waals surface area contributed by atoms with Crippen LogP contribution in [-0.4, -0.2) is 94.3 Å². The molecule has 0 radical (unpaired) electrons. The fraction of sp³-hybridized carbons (Fsp3) is 0.486. The van der Waals surface area contributed by atoms with Crippen LogP contribution in [0.25, 0.3) is 10.8 Å². The summed E-state index contributed by atoms with van der Waals surface area (Å²) in [4.78, 5) is 30.4. The molecule has 1 aromatic heterocycles. The number of carbonyl (C=O) groups is 1. The number of nitriles is 1. The lowest BCUT2D eigenvalue weighted by molar-refractivity contribution is -0.131. The average molecular weight is 678 g/mol. The fourth-order valence-electron chi connectivity index (χ4n) is 8.23. The van der Waals surface area contributed by atoms with Crippen LogP contribution in [0.3, 0.4) is 0 Å². The topological polar surface area (TPSA) is 109 Å². The molecule has 4 aliphatic heterocycles. The zero-order chi connectivity index (χ0) is 33.6. The third-order valence-corrected chi connectivity index (χ3v) is 11.0. The third-order valence-electron chi connectivity index (χ3n) is 10.6. The molecule has 0 bridgehead atoms. The molecule has 2 unspecified atom stereocenters. The summed E-state index contributed by atoms with van der Waals surface area (Å²) >= 11 is 6.51. The minimum absolute atomic E-state index is 0.0305. The van der Waals surface area contributed by atoms with Gasteiger partial charge in [-0.3, -0.25) is 9.69 Å². The van der Waals surface area contributed by atoms with Gasteiger partial charge in [-0.25, -0.2) is 8.78 Å². The van der Waals surface area contributed by atoms with E-state index in [1.807, 2.05) is 23.1 Å². The highest BCUT2D eigenvalue weighted by Gasteiger charge is 2.49. The van der Waals surface area contributed by atoms with E-state index in [1.165, 1.54) is 11.0 Å². The van der Waals surface area contributed by atoms with Crippen molar-refractivity contribution < 1.29 is 23.4 Å². The van der Waals surface area contributed by atoms with Crippen molar-refractivity contribution in [2.45, 2.75) is 62.7 Å². The minimum Gasteiger partial charge on any atom is -0.461 e. The number of halogens is 3. The molecule has 2 aromatic carbocycles. The van der Waals surface area contributed by atoms with Crippen molar-refractivity contribution in [1.29, 1.82) is 5.26 Å². The predicted molar refractivity (Wildman–Crippen MR) is 178 cm³/mol. The molecule has 3 saturated heterocycles. The summed E-state index contributed by atoms with van der Waals surface area (Å²) in [6, 6.07) is 10.8. The van der Waals surface area contributed by atoms with Gasteiger partial charge in [0.2, 0.25) is 0 Å². The molecule has 0 spiro atoms. The first-order valence-corrected chi connectivity index (χ1v) is 16.9. The van der Waals surface area contributed by atoms with Crippen molar-refractivity contribution in [3.63, 3.8) is 0 Å². The van der Waals surface area contributed by atoms with Crippen molar-refractivity contribution in [1.82, 2.24) is 19.8 Å². The molecule has 5 heterocycles. The van der Waals surface area contributed by atoms with E-state index < -0.39 is 23.6 Å². The molecule has 0 saturated carbocycles. The van der Waals surface area contributed by atoms with Gasteiger partial charge in [0.15, 0.2) is 5.83 Å². The quantitative estimate of drug-likeness (QED) is 0.338. The Morgan fingerprint density at radius 1 is 1.15 bits per heavy atom. The largest absolute Gasteiger partial charge is 0.461 e. The molecular weight excluding hydrogens is 640 g/mol. The summed E-state index contributed by atoms with van der Waals surface area (Å²) in [6.45, 7) is 6.47. The molecule has 252 valence electrons. The lowest BCUT2D eigenvalue weighted by Crippen LogP contribution is -2.55. The van der Waals surface area contributed by atoms with Crippen LogP contribution in [0, 0.1) is 17.1 Å². The van der Waals surface area contributed by atoms with Gasteiger partial charge in [-0.05, 0) is 56.2 Å². The molecule has 4 aliphatic rings. The van der Waals surface area contributed by atoms with E-state index in [4.69, 9.17) is 26.3 Å². The first-order valence-electron chi connectivity index (χ1n) is 16.5. The van der Waals surface area contributed by atoms with Crippen molar-refractivity contribution in [2.75, 3.05) is 55.7 Å². The summed E-state index contributed by atoms with van der Waals surface area (Å²) in [6.07, 6.45) is 4.45. The highest BCUT2D eigenvalue weighted by atomic mass is 35.5. The van der Waals surface area contributed by atoms with Gasteiger partial charge in [0.25, 0.3) is 5.91 Å². The van der Waals surface area contributed by atoms with E-state index in [2.05, 4.69) is 22.4 Å². The summed E-state index contributed by atoms with van der Waals surface area (Å²) in [5.74, 6) is -1.66. The monoisotopic (exact) mass is 677 g/mol. The SMILES string of the molecule is C=C(F)C(=O)N1CCN(c2nc(OCC34CCCN3C(CO)CC4)nc3c2CCN(c2cccc4ccc(F)c(Cl)c24)C3)C[C@@H]1CC#N. The van der Waals surface area contributed by atoms with E-state index in [0.717, 1.165) is 54.6 Å². The van der Waals surface area contributed by atoms with E-state index in [9.17, 15) is 23.9 Å². The summed E-state index contributed by atoms with van der Waals surface area (Å²) < 4.78 is 35.0. The number of hydrogen-bond donors (Lipinski definition) is 1. The van der Waals surface area contributed by atoms with Gasteiger partial charge in [-0.15, -0.1) is 0 Å². The molecule has 3 atom stereocenters. The summed E-state index contributed by atoms with van der Waals surface area (Å²) in [5, 5.41) is 21.1. The number of carbonyl (C=O) groups excluding carboxylic acids is 1. The standard InChI is InChI=1S/C35H38ClF2N7O3/c1-22(37)33(47)44-17-16-43(18-24(44)9-13-39)32-26-10-15-42(29-5-2-4-23-6-7-27(38)31(36)30(23)29)19-28(26)40-34(41-32)48-21-35-11-3-14-45(35)25(20-46)8-12-35/h2,4-7,24-25,46H,1,3,8-12,14-21H2/t24-,25?,35?/m0/s1. The van der Waals surface area contributed by atoms with Gasteiger partial charge in [0.1, 0.15) is 18.2 Å². The van der Waals surface area contributed by atoms with Crippen LogP contribution < -0.4 is 14.5 Å². The number of aliphatic hydroxyl groups excluding tert-OH is 1. The van der Waals surface area contributed by atoms with Gasteiger partial charge < -0.3 is 24.5 Å². The maximum Gasteiger partial charge on any atom is 0.318 e. The molecule has 7 rings (SSSR count). The lowest BCUT2D eigenvalue weighted by atomic mass is 9.95.